The third kappa shape index (κ3) is 10.3. The normalized spacial score (nSPS) is 16.8. The minimum absolute atomic E-state index is 0.0209. The fraction of sp³-hybridized carbons (Fsp3) is 0.333. The van der Waals surface area contributed by atoms with E-state index >= 15 is 0 Å². The van der Waals surface area contributed by atoms with Gasteiger partial charge in [0.05, 0.1) is 12.7 Å². The zero-order chi connectivity index (χ0) is 35.5. The summed E-state index contributed by atoms with van der Waals surface area (Å²) in [6.07, 6.45) is 2.17. The molecule has 1 aliphatic rings. The highest BCUT2D eigenvalue weighted by molar-refractivity contribution is 5.92. The molecule has 0 unspecified atom stereocenters. The second-order valence-corrected chi connectivity index (χ2v) is 12.8. The quantitative estimate of drug-likeness (QED) is 0.0727. The zero-order valence-electron chi connectivity index (χ0n) is 28.3. The molecule has 0 bridgehead atoms. The van der Waals surface area contributed by atoms with Crippen molar-refractivity contribution < 1.29 is 24.2 Å². The Morgan fingerprint density at radius 2 is 1.52 bits per heavy atom. The number of ether oxygens (including phenoxy) is 1. The van der Waals surface area contributed by atoms with Crippen LogP contribution >= 0.6 is 0 Å². The van der Waals surface area contributed by atoms with Gasteiger partial charge in [-0.2, -0.15) is 0 Å². The number of carbonyl (C=O) groups is 3. The van der Waals surface area contributed by atoms with Gasteiger partial charge < -0.3 is 36.8 Å². The largest absolute Gasteiger partial charge is 0.508 e. The van der Waals surface area contributed by atoms with Gasteiger partial charge in [0.25, 0.3) is 0 Å². The number of hydrogen-bond donors (Lipinski definition) is 5. The van der Waals surface area contributed by atoms with E-state index in [1.807, 2.05) is 47.4 Å². The molecular weight excluding hydrogens is 632 g/mol. The van der Waals surface area contributed by atoms with E-state index in [2.05, 4.69) is 46.0 Å². The van der Waals surface area contributed by atoms with Gasteiger partial charge in [0.15, 0.2) is 5.96 Å². The maximum atomic E-state index is 14.5. The maximum Gasteiger partial charge on any atom is 0.245 e. The number of benzene rings is 4. The molecule has 0 radical (unpaired) electrons. The Kier molecular flexibility index (Phi) is 12.4. The van der Waals surface area contributed by atoms with Gasteiger partial charge in [0.2, 0.25) is 17.7 Å². The molecule has 11 heteroatoms. The van der Waals surface area contributed by atoms with Gasteiger partial charge in [-0.25, -0.2) is 0 Å². The van der Waals surface area contributed by atoms with Crippen molar-refractivity contribution in [1.29, 1.82) is 0 Å². The molecule has 11 nitrogen and oxygen atoms in total. The average molecular weight is 679 g/mol. The van der Waals surface area contributed by atoms with Crippen LogP contribution in [0.1, 0.15) is 42.9 Å². The molecule has 50 heavy (non-hydrogen) atoms. The Labute approximate surface area is 292 Å². The Morgan fingerprint density at radius 3 is 2.24 bits per heavy atom. The average Bonchev–Trinajstić information content (AvgIpc) is 3.52. The summed E-state index contributed by atoms with van der Waals surface area (Å²) in [6.45, 7) is 2.55. The Balaban J connectivity index is 1.35. The van der Waals surface area contributed by atoms with Crippen LogP contribution in [0.3, 0.4) is 0 Å². The van der Waals surface area contributed by atoms with Crippen LogP contribution in [0.15, 0.2) is 102 Å². The number of phenols is 1. The number of hydrogen-bond acceptors (Lipinski definition) is 6. The summed E-state index contributed by atoms with van der Waals surface area (Å²) < 4.78 is 6.41. The molecule has 0 aliphatic carbocycles. The first-order valence-electron chi connectivity index (χ1n) is 17.0. The molecule has 7 N–H and O–H groups in total. The topological polar surface area (TPSA) is 172 Å². The highest BCUT2D eigenvalue weighted by atomic mass is 16.5. The van der Waals surface area contributed by atoms with Crippen LogP contribution in [0.4, 0.5) is 0 Å². The van der Waals surface area contributed by atoms with E-state index in [-0.39, 0.29) is 48.5 Å². The zero-order valence-corrected chi connectivity index (χ0v) is 28.3. The van der Waals surface area contributed by atoms with Crippen molar-refractivity contribution in [2.24, 2.45) is 16.5 Å². The minimum Gasteiger partial charge on any atom is -0.508 e. The molecule has 0 aromatic heterocycles. The maximum absolute atomic E-state index is 14.5. The molecule has 3 amide bonds. The van der Waals surface area contributed by atoms with Gasteiger partial charge >= 0.3 is 0 Å². The lowest BCUT2D eigenvalue weighted by atomic mass is 10.0. The van der Waals surface area contributed by atoms with E-state index in [0.717, 1.165) is 27.5 Å². The number of fused-ring (bicyclic) bond motifs is 1. The first kappa shape index (κ1) is 35.9. The Morgan fingerprint density at radius 1 is 0.860 bits per heavy atom. The molecule has 0 spiro atoms. The number of aliphatic imine (C=N–C) groups is 1. The van der Waals surface area contributed by atoms with Crippen molar-refractivity contribution in [2.45, 2.75) is 69.9 Å². The van der Waals surface area contributed by atoms with E-state index in [0.29, 0.717) is 39.0 Å². The van der Waals surface area contributed by atoms with Gasteiger partial charge in [0.1, 0.15) is 17.8 Å². The molecule has 1 aliphatic heterocycles. The van der Waals surface area contributed by atoms with E-state index in [4.69, 9.17) is 16.2 Å². The van der Waals surface area contributed by atoms with E-state index < -0.39 is 18.0 Å². The molecule has 4 atom stereocenters. The van der Waals surface area contributed by atoms with Crippen LogP contribution in [0.2, 0.25) is 0 Å². The molecule has 5 rings (SSSR count). The molecule has 1 saturated heterocycles. The van der Waals surface area contributed by atoms with Gasteiger partial charge in [-0.3, -0.25) is 19.4 Å². The Bertz CT molecular complexity index is 1780. The summed E-state index contributed by atoms with van der Waals surface area (Å²) in [5, 5.41) is 17.7. The second-order valence-electron chi connectivity index (χ2n) is 12.8. The van der Waals surface area contributed by atoms with Crippen LogP contribution in [-0.2, 0) is 38.6 Å². The summed E-state index contributed by atoms with van der Waals surface area (Å²) >= 11 is 0. The van der Waals surface area contributed by atoms with Gasteiger partial charge in [-0.1, -0.05) is 78.9 Å². The van der Waals surface area contributed by atoms with Crippen LogP contribution in [0.5, 0.6) is 5.75 Å². The van der Waals surface area contributed by atoms with Gasteiger partial charge in [0, 0.05) is 38.9 Å². The van der Waals surface area contributed by atoms with Gasteiger partial charge in [-0.15, -0.1) is 0 Å². The fourth-order valence-electron chi connectivity index (χ4n) is 6.46. The number of nitrogens with two attached hydrogens (primary N) is 2. The smallest absolute Gasteiger partial charge is 0.245 e. The van der Waals surface area contributed by atoms with Crippen LogP contribution < -0.4 is 22.1 Å². The number of nitrogens with one attached hydrogen (secondary N) is 2. The van der Waals surface area contributed by atoms with Crippen molar-refractivity contribution in [2.75, 3.05) is 13.1 Å². The van der Waals surface area contributed by atoms with Gasteiger partial charge in [-0.05, 0) is 64.9 Å². The SMILES string of the molecule is CC(=O)N[C@@H](Cc1ccc(O)cc1)C(=O)N[C@H](Cc1ccccc1)C(=O)N1C[C@H](OCc2ccc3ccccc3c2)C[C@@H]1CCCN=C(N)N. The number of aromatic hydroxyl groups is 1. The third-order valence-corrected chi connectivity index (χ3v) is 8.92. The first-order valence-corrected chi connectivity index (χ1v) is 17.0. The highest BCUT2D eigenvalue weighted by Crippen LogP contribution is 2.27. The fourth-order valence-corrected chi connectivity index (χ4v) is 6.46. The lowest BCUT2D eigenvalue weighted by molar-refractivity contribution is -0.138. The summed E-state index contributed by atoms with van der Waals surface area (Å²) in [5.74, 6) is -0.956. The number of carbonyl (C=O) groups excluding carboxylic acids is 3. The van der Waals surface area contributed by atoms with Crippen molar-refractivity contribution in [3.05, 3.63) is 114 Å². The lowest BCUT2D eigenvalue weighted by Crippen LogP contribution is -2.56. The monoisotopic (exact) mass is 678 g/mol. The molecular formula is C39H46N6O5. The van der Waals surface area contributed by atoms with Crippen molar-refractivity contribution in [3.8, 4) is 5.75 Å². The number of rotatable bonds is 15. The predicted molar refractivity (Wildman–Crippen MR) is 194 cm³/mol. The molecule has 0 saturated carbocycles. The van der Waals surface area contributed by atoms with E-state index in [9.17, 15) is 19.5 Å². The molecule has 262 valence electrons. The molecule has 1 fully saturated rings. The first-order chi connectivity index (χ1) is 24.1. The number of phenolic OH excluding ortho intramolecular Hbond substituents is 1. The number of amides is 3. The number of guanidine groups is 1. The molecule has 4 aromatic carbocycles. The highest BCUT2D eigenvalue weighted by Gasteiger charge is 2.39. The summed E-state index contributed by atoms with van der Waals surface area (Å²) in [7, 11) is 0. The number of likely N-dealkylation sites (tertiary alicyclic amines) is 1. The Hall–Kier alpha value is -5.42. The van der Waals surface area contributed by atoms with Crippen LogP contribution in [0.25, 0.3) is 10.8 Å². The molecule has 4 aromatic rings. The van der Waals surface area contributed by atoms with Crippen molar-refractivity contribution in [1.82, 2.24) is 15.5 Å². The number of nitrogens with zero attached hydrogens (tertiary/aromatic N) is 2. The summed E-state index contributed by atoms with van der Waals surface area (Å²) in [4.78, 5) is 46.4. The molecule has 1 heterocycles. The van der Waals surface area contributed by atoms with E-state index in [1.165, 1.54) is 19.1 Å². The summed E-state index contributed by atoms with van der Waals surface area (Å²) in [6, 6.07) is 28.4. The second kappa shape index (κ2) is 17.3. The van der Waals surface area contributed by atoms with Crippen molar-refractivity contribution >= 4 is 34.5 Å². The third-order valence-electron chi connectivity index (χ3n) is 8.92. The minimum atomic E-state index is -0.935. The van der Waals surface area contributed by atoms with E-state index in [1.54, 1.807) is 12.1 Å². The standard InChI is InChI=1S/C39H46N6O5/c1-26(46)43-35(21-28-14-17-33(47)18-15-28)37(48)44-36(22-27-8-3-2-4-9-27)38(49)45-24-34(23-32(45)12-7-19-42-39(40)41)50-25-29-13-16-30-10-5-6-11-31(30)20-29/h2-6,8-11,13-18,20,32,34-36,47H,7,12,19,21-25H2,1H3,(H,43,46)(H,44,48)(H4,40,41,42)/t32-,34+,35-,36+/m0/s1. The van der Waals surface area contributed by atoms with Crippen LogP contribution in [-0.4, -0.2) is 71.0 Å². The lowest BCUT2D eigenvalue weighted by Gasteiger charge is -2.30. The summed E-state index contributed by atoms with van der Waals surface area (Å²) in [5.41, 5.74) is 13.8. The predicted octanol–water partition coefficient (Wildman–Crippen LogP) is 3.56. The van der Waals surface area contributed by atoms with Crippen LogP contribution in [0, 0.1) is 0 Å². The van der Waals surface area contributed by atoms with Crippen molar-refractivity contribution in [3.63, 3.8) is 0 Å².